The number of aliphatic hydroxyl groups is 1. The Morgan fingerprint density at radius 2 is 2.05 bits per heavy atom. The van der Waals surface area contributed by atoms with Gasteiger partial charge < -0.3 is 9.63 Å². The summed E-state index contributed by atoms with van der Waals surface area (Å²) in [5.74, 6) is 1.34. The SMILES string of the molecule is OCCN1CCN(Cc2noc(-c3ccsc3)n2)CC1. The predicted octanol–water partition coefficient (Wildman–Crippen LogP) is 0.908. The summed E-state index contributed by atoms with van der Waals surface area (Å²) < 4.78 is 5.29. The van der Waals surface area contributed by atoms with E-state index in [-0.39, 0.29) is 6.61 Å². The summed E-state index contributed by atoms with van der Waals surface area (Å²) in [6.45, 7) is 5.63. The number of β-amino-alcohol motifs (C(OH)–C–C–N with tert-alkyl or cyclic N) is 1. The van der Waals surface area contributed by atoms with Gasteiger partial charge in [-0.15, -0.1) is 0 Å². The summed E-state index contributed by atoms with van der Waals surface area (Å²) >= 11 is 1.62. The zero-order valence-electron chi connectivity index (χ0n) is 11.2. The van der Waals surface area contributed by atoms with Crippen molar-refractivity contribution in [3.8, 4) is 11.5 Å². The molecule has 1 aliphatic heterocycles. The zero-order valence-corrected chi connectivity index (χ0v) is 12.1. The van der Waals surface area contributed by atoms with E-state index in [1.807, 2.05) is 16.8 Å². The zero-order chi connectivity index (χ0) is 13.8. The Balaban J connectivity index is 1.54. The highest BCUT2D eigenvalue weighted by molar-refractivity contribution is 7.08. The highest BCUT2D eigenvalue weighted by Crippen LogP contribution is 2.20. The minimum atomic E-state index is 0.231. The van der Waals surface area contributed by atoms with Gasteiger partial charge in [-0.05, 0) is 11.4 Å². The second kappa shape index (κ2) is 6.45. The second-order valence-electron chi connectivity index (χ2n) is 4.87. The Morgan fingerprint density at radius 3 is 2.75 bits per heavy atom. The average Bonchev–Trinajstić information content (AvgIpc) is 3.12. The topological polar surface area (TPSA) is 65.6 Å². The molecule has 0 atom stereocenters. The molecule has 6 nitrogen and oxygen atoms in total. The molecule has 7 heteroatoms. The van der Waals surface area contributed by atoms with Crippen LogP contribution in [0.3, 0.4) is 0 Å². The van der Waals surface area contributed by atoms with Gasteiger partial charge in [0.05, 0.1) is 18.7 Å². The number of piperazine rings is 1. The number of aliphatic hydroxyl groups excluding tert-OH is 1. The molecular formula is C13H18N4O2S. The molecule has 0 amide bonds. The van der Waals surface area contributed by atoms with Gasteiger partial charge in [0.1, 0.15) is 0 Å². The van der Waals surface area contributed by atoms with Crippen molar-refractivity contribution in [2.75, 3.05) is 39.3 Å². The van der Waals surface area contributed by atoms with Gasteiger partial charge in [0.25, 0.3) is 5.89 Å². The van der Waals surface area contributed by atoms with Crippen LogP contribution in [0.2, 0.25) is 0 Å². The number of hydrogen-bond acceptors (Lipinski definition) is 7. The van der Waals surface area contributed by atoms with Crippen LogP contribution in [0.4, 0.5) is 0 Å². The molecule has 0 bridgehead atoms. The monoisotopic (exact) mass is 294 g/mol. The molecule has 0 spiro atoms. The third-order valence-electron chi connectivity index (χ3n) is 3.48. The summed E-state index contributed by atoms with van der Waals surface area (Å²) in [6.07, 6.45) is 0. The molecule has 3 rings (SSSR count). The lowest BCUT2D eigenvalue weighted by Gasteiger charge is -2.33. The van der Waals surface area contributed by atoms with E-state index in [4.69, 9.17) is 9.63 Å². The lowest BCUT2D eigenvalue weighted by molar-refractivity contribution is 0.106. The predicted molar refractivity (Wildman–Crippen MR) is 76.4 cm³/mol. The van der Waals surface area contributed by atoms with E-state index in [0.29, 0.717) is 5.89 Å². The van der Waals surface area contributed by atoms with Crippen LogP contribution in [-0.2, 0) is 6.54 Å². The molecule has 0 aliphatic carbocycles. The summed E-state index contributed by atoms with van der Waals surface area (Å²) in [6, 6.07) is 1.98. The average molecular weight is 294 g/mol. The van der Waals surface area contributed by atoms with E-state index >= 15 is 0 Å². The van der Waals surface area contributed by atoms with Crippen LogP contribution in [0, 0.1) is 0 Å². The molecule has 1 saturated heterocycles. The molecule has 108 valence electrons. The van der Waals surface area contributed by atoms with E-state index in [1.54, 1.807) is 11.3 Å². The fraction of sp³-hybridized carbons (Fsp3) is 0.538. The molecule has 1 fully saturated rings. The van der Waals surface area contributed by atoms with Crippen molar-refractivity contribution in [2.24, 2.45) is 0 Å². The Labute approximate surface area is 121 Å². The number of aromatic nitrogens is 2. The van der Waals surface area contributed by atoms with E-state index in [9.17, 15) is 0 Å². The Bertz CT molecular complexity index is 520. The Hall–Kier alpha value is -1.28. The van der Waals surface area contributed by atoms with Gasteiger partial charge >= 0.3 is 0 Å². The standard InChI is InChI=1S/C13H18N4O2S/c18-7-6-16-2-4-17(5-3-16)9-12-14-13(19-15-12)11-1-8-20-10-11/h1,8,10,18H,2-7,9H2. The quantitative estimate of drug-likeness (QED) is 0.884. The van der Waals surface area contributed by atoms with Crippen molar-refractivity contribution < 1.29 is 9.63 Å². The first kappa shape index (κ1) is 13.7. The molecule has 1 aliphatic rings. The number of hydrogen-bond donors (Lipinski definition) is 1. The Morgan fingerprint density at radius 1 is 1.25 bits per heavy atom. The van der Waals surface area contributed by atoms with Crippen molar-refractivity contribution >= 4 is 11.3 Å². The molecular weight excluding hydrogens is 276 g/mol. The summed E-state index contributed by atoms with van der Waals surface area (Å²) in [7, 11) is 0. The lowest BCUT2D eigenvalue weighted by atomic mass is 10.3. The van der Waals surface area contributed by atoms with Crippen LogP contribution < -0.4 is 0 Å². The first-order valence-electron chi connectivity index (χ1n) is 6.76. The molecule has 0 unspecified atom stereocenters. The van der Waals surface area contributed by atoms with Crippen molar-refractivity contribution in [2.45, 2.75) is 6.54 Å². The lowest BCUT2D eigenvalue weighted by Crippen LogP contribution is -2.46. The maximum Gasteiger partial charge on any atom is 0.258 e. The number of nitrogens with zero attached hydrogens (tertiary/aromatic N) is 4. The fourth-order valence-corrected chi connectivity index (χ4v) is 2.96. The van der Waals surface area contributed by atoms with Crippen molar-refractivity contribution in [3.63, 3.8) is 0 Å². The van der Waals surface area contributed by atoms with Gasteiger partial charge in [0, 0.05) is 38.1 Å². The van der Waals surface area contributed by atoms with E-state index in [0.717, 1.165) is 50.7 Å². The molecule has 20 heavy (non-hydrogen) atoms. The van der Waals surface area contributed by atoms with E-state index in [2.05, 4.69) is 19.9 Å². The van der Waals surface area contributed by atoms with Crippen LogP contribution in [-0.4, -0.2) is 64.4 Å². The van der Waals surface area contributed by atoms with Gasteiger partial charge in [-0.2, -0.15) is 16.3 Å². The molecule has 0 aromatic carbocycles. The van der Waals surface area contributed by atoms with Crippen LogP contribution >= 0.6 is 11.3 Å². The van der Waals surface area contributed by atoms with Crippen LogP contribution in [0.5, 0.6) is 0 Å². The minimum absolute atomic E-state index is 0.231. The second-order valence-corrected chi connectivity index (χ2v) is 5.65. The van der Waals surface area contributed by atoms with Gasteiger partial charge in [0.15, 0.2) is 5.82 Å². The summed E-state index contributed by atoms with van der Waals surface area (Å²) in [4.78, 5) is 9.02. The van der Waals surface area contributed by atoms with Gasteiger partial charge in [-0.25, -0.2) is 0 Å². The highest BCUT2D eigenvalue weighted by Gasteiger charge is 2.18. The first-order chi connectivity index (χ1) is 9.85. The molecule has 2 aromatic rings. The van der Waals surface area contributed by atoms with E-state index < -0.39 is 0 Å². The van der Waals surface area contributed by atoms with Crippen molar-refractivity contribution in [1.82, 2.24) is 19.9 Å². The summed E-state index contributed by atoms with van der Waals surface area (Å²) in [5, 5.41) is 17.0. The molecule has 1 N–H and O–H groups in total. The molecule has 2 aromatic heterocycles. The number of rotatable bonds is 5. The fourth-order valence-electron chi connectivity index (χ4n) is 2.33. The van der Waals surface area contributed by atoms with Gasteiger partial charge in [-0.3, -0.25) is 9.80 Å². The maximum atomic E-state index is 8.93. The van der Waals surface area contributed by atoms with Crippen LogP contribution in [0.15, 0.2) is 21.3 Å². The number of thiophene rings is 1. The molecule has 0 saturated carbocycles. The molecule has 3 heterocycles. The molecule has 0 radical (unpaired) electrons. The van der Waals surface area contributed by atoms with Crippen LogP contribution in [0.25, 0.3) is 11.5 Å². The summed E-state index contributed by atoms with van der Waals surface area (Å²) in [5.41, 5.74) is 0.988. The van der Waals surface area contributed by atoms with E-state index in [1.165, 1.54) is 0 Å². The maximum absolute atomic E-state index is 8.93. The Kier molecular flexibility index (Phi) is 4.41. The van der Waals surface area contributed by atoms with Crippen LogP contribution in [0.1, 0.15) is 5.82 Å². The highest BCUT2D eigenvalue weighted by atomic mass is 32.1. The van der Waals surface area contributed by atoms with Gasteiger partial charge in [0.2, 0.25) is 0 Å². The third-order valence-corrected chi connectivity index (χ3v) is 4.17. The first-order valence-corrected chi connectivity index (χ1v) is 7.70. The largest absolute Gasteiger partial charge is 0.395 e. The third kappa shape index (κ3) is 3.24. The van der Waals surface area contributed by atoms with Crippen molar-refractivity contribution in [1.29, 1.82) is 0 Å². The normalized spacial score (nSPS) is 17.6. The van der Waals surface area contributed by atoms with Gasteiger partial charge in [-0.1, -0.05) is 5.16 Å². The van der Waals surface area contributed by atoms with Crippen molar-refractivity contribution in [3.05, 3.63) is 22.7 Å². The smallest absolute Gasteiger partial charge is 0.258 e. The minimum Gasteiger partial charge on any atom is -0.395 e.